The number of thioether (sulfide) groups is 1. The molecule has 0 atom stereocenters. The highest BCUT2D eigenvalue weighted by Crippen LogP contribution is 2.15. The first-order chi connectivity index (χ1) is 12.1. The molecular weight excluding hydrogens is 344 g/mol. The van der Waals surface area contributed by atoms with Crippen molar-refractivity contribution in [3.63, 3.8) is 0 Å². The molecule has 0 aliphatic rings. The van der Waals surface area contributed by atoms with Crippen LogP contribution in [-0.2, 0) is 0 Å². The van der Waals surface area contributed by atoms with Gasteiger partial charge < -0.3 is 5.73 Å². The van der Waals surface area contributed by atoms with Crippen molar-refractivity contribution in [3.8, 4) is 5.82 Å². The fraction of sp³-hybridized carbons (Fsp3) is 0.143. The predicted octanol–water partition coefficient (Wildman–Crippen LogP) is 1.03. The average Bonchev–Trinajstić information content (AvgIpc) is 3.20. The van der Waals surface area contributed by atoms with Gasteiger partial charge in [0.05, 0.1) is 11.9 Å². The standard InChI is InChI=1S/C14H14N8O2S/c1-8-11(22(21-17-8)13-12(15)19-24-20-13)14(23)18-16-7-9-3-5-10(25-2)6-4-9/h3-7H,1-2H3,(H2,15,19)(H,18,23). The van der Waals surface area contributed by atoms with Crippen molar-refractivity contribution in [3.05, 3.63) is 41.2 Å². The van der Waals surface area contributed by atoms with E-state index in [1.165, 1.54) is 6.21 Å². The summed E-state index contributed by atoms with van der Waals surface area (Å²) < 4.78 is 5.68. The molecule has 1 amide bonds. The normalized spacial score (nSPS) is 11.1. The molecule has 0 bridgehead atoms. The van der Waals surface area contributed by atoms with Crippen molar-refractivity contribution >= 4 is 29.7 Å². The largest absolute Gasteiger partial charge is 0.378 e. The molecule has 0 spiro atoms. The van der Waals surface area contributed by atoms with Gasteiger partial charge in [0, 0.05) is 4.90 Å². The molecule has 11 heteroatoms. The van der Waals surface area contributed by atoms with Crippen molar-refractivity contribution in [1.29, 1.82) is 0 Å². The number of carbonyl (C=O) groups is 1. The number of nitrogens with zero attached hydrogens (tertiary/aromatic N) is 6. The number of hydrogen-bond donors (Lipinski definition) is 2. The number of anilines is 1. The lowest BCUT2D eigenvalue weighted by atomic mass is 10.2. The van der Waals surface area contributed by atoms with Gasteiger partial charge in [0.2, 0.25) is 11.6 Å². The number of hydrazone groups is 1. The van der Waals surface area contributed by atoms with Crippen LogP contribution >= 0.6 is 11.8 Å². The molecule has 2 heterocycles. The van der Waals surface area contributed by atoms with Gasteiger partial charge in [-0.15, -0.1) is 16.9 Å². The SMILES string of the molecule is CSc1ccc(C=NNC(=O)c2c(C)nnn2-c2nonc2N)cc1. The van der Waals surface area contributed by atoms with Gasteiger partial charge in [-0.05, 0) is 41.2 Å². The van der Waals surface area contributed by atoms with Crippen LogP contribution < -0.4 is 11.2 Å². The van der Waals surface area contributed by atoms with Crippen molar-refractivity contribution < 1.29 is 9.42 Å². The molecule has 0 aliphatic heterocycles. The van der Waals surface area contributed by atoms with Gasteiger partial charge in [0.25, 0.3) is 5.91 Å². The Morgan fingerprint density at radius 3 is 2.76 bits per heavy atom. The van der Waals surface area contributed by atoms with E-state index in [0.717, 1.165) is 15.1 Å². The van der Waals surface area contributed by atoms with Crippen LogP contribution in [0.3, 0.4) is 0 Å². The second-order valence-electron chi connectivity index (χ2n) is 4.88. The molecule has 3 aromatic rings. The van der Waals surface area contributed by atoms with Crippen molar-refractivity contribution in [2.75, 3.05) is 12.0 Å². The van der Waals surface area contributed by atoms with E-state index in [1.54, 1.807) is 18.7 Å². The summed E-state index contributed by atoms with van der Waals surface area (Å²) in [5.41, 5.74) is 9.44. The Hall–Kier alpha value is -3.21. The maximum atomic E-state index is 12.4. The number of benzene rings is 1. The summed E-state index contributed by atoms with van der Waals surface area (Å²) in [5.74, 6) is -0.430. The number of nitrogens with one attached hydrogen (secondary N) is 1. The second-order valence-corrected chi connectivity index (χ2v) is 5.76. The Bertz CT molecular complexity index is 915. The fourth-order valence-electron chi connectivity index (χ4n) is 2.01. The maximum absolute atomic E-state index is 12.4. The van der Waals surface area contributed by atoms with E-state index in [4.69, 9.17) is 5.73 Å². The van der Waals surface area contributed by atoms with E-state index in [0.29, 0.717) is 5.69 Å². The van der Waals surface area contributed by atoms with E-state index in [1.807, 2.05) is 30.5 Å². The minimum Gasteiger partial charge on any atom is -0.378 e. The summed E-state index contributed by atoms with van der Waals surface area (Å²) in [5, 5.41) is 18.7. The molecular formula is C14H14N8O2S. The summed E-state index contributed by atoms with van der Waals surface area (Å²) in [6.45, 7) is 1.63. The first-order valence-electron chi connectivity index (χ1n) is 7.08. The van der Waals surface area contributed by atoms with Crippen LogP contribution in [0.15, 0.2) is 38.9 Å². The summed E-state index contributed by atoms with van der Waals surface area (Å²) in [6, 6.07) is 7.75. The Labute approximate surface area is 146 Å². The Balaban J connectivity index is 1.76. The van der Waals surface area contributed by atoms with Crippen LogP contribution in [0.1, 0.15) is 21.7 Å². The van der Waals surface area contributed by atoms with E-state index >= 15 is 0 Å². The van der Waals surface area contributed by atoms with Gasteiger partial charge in [-0.2, -0.15) is 9.78 Å². The molecule has 0 unspecified atom stereocenters. The minimum atomic E-state index is -0.512. The molecule has 3 rings (SSSR count). The zero-order valence-electron chi connectivity index (χ0n) is 13.4. The van der Waals surface area contributed by atoms with Gasteiger partial charge in [-0.3, -0.25) is 4.79 Å². The molecule has 0 radical (unpaired) electrons. The lowest BCUT2D eigenvalue weighted by Crippen LogP contribution is -2.22. The summed E-state index contributed by atoms with van der Waals surface area (Å²) >= 11 is 1.65. The summed E-state index contributed by atoms with van der Waals surface area (Å²) in [4.78, 5) is 13.5. The highest BCUT2D eigenvalue weighted by Gasteiger charge is 2.22. The molecule has 0 aliphatic carbocycles. The number of rotatable bonds is 5. The van der Waals surface area contributed by atoms with Gasteiger partial charge in [0.1, 0.15) is 0 Å². The topological polar surface area (TPSA) is 137 Å². The third kappa shape index (κ3) is 3.50. The first kappa shape index (κ1) is 16.6. The van der Waals surface area contributed by atoms with E-state index in [-0.39, 0.29) is 17.3 Å². The van der Waals surface area contributed by atoms with Crippen molar-refractivity contribution in [2.24, 2.45) is 5.10 Å². The van der Waals surface area contributed by atoms with E-state index in [9.17, 15) is 4.79 Å². The average molecular weight is 358 g/mol. The smallest absolute Gasteiger partial charge is 0.292 e. The van der Waals surface area contributed by atoms with Crippen molar-refractivity contribution in [2.45, 2.75) is 11.8 Å². The molecule has 10 nitrogen and oxygen atoms in total. The van der Waals surface area contributed by atoms with Gasteiger partial charge in [-0.25, -0.2) is 10.1 Å². The van der Waals surface area contributed by atoms with Crippen LogP contribution in [0.4, 0.5) is 5.82 Å². The van der Waals surface area contributed by atoms with Crippen LogP contribution in [0.25, 0.3) is 5.82 Å². The van der Waals surface area contributed by atoms with Gasteiger partial charge >= 0.3 is 0 Å². The minimum absolute atomic E-state index is 0.00339. The van der Waals surface area contributed by atoms with Crippen LogP contribution in [-0.4, -0.2) is 43.7 Å². The van der Waals surface area contributed by atoms with E-state index < -0.39 is 5.91 Å². The lowest BCUT2D eigenvalue weighted by molar-refractivity contribution is 0.0946. The molecule has 3 N–H and O–H groups in total. The zero-order chi connectivity index (χ0) is 17.8. The number of carbonyl (C=O) groups excluding carboxylic acids is 1. The fourth-order valence-corrected chi connectivity index (χ4v) is 2.42. The number of nitrogen functional groups attached to an aromatic ring is 1. The highest BCUT2D eigenvalue weighted by molar-refractivity contribution is 7.98. The Morgan fingerprint density at radius 1 is 1.36 bits per heavy atom. The monoisotopic (exact) mass is 358 g/mol. The highest BCUT2D eigenvalue weighted by atomic mass is 32.2. The van der Waals surface area contributed by atoms with Crippen LogP contribution in [0.2, 0.25) is 0 Å². The Morgan fingerprint density at radius 2 is 2.12 bits per heavy atom. The number of hydrogen-bond acceptors (Lipinski definition) is 9. The van der Waals surface area contributed by atoms with Gasteiger partial charge in [0.15, 0.2) is 5.69 Å². The maximum Gasteiger partial charge on any atom is 0.292 e. The second kappa shape index (κ2) is 7.13. The molecule has 25 heavy (non-hydrogen) atoms. The summed E-state index contributed by atoms with van der Waals surface area (Å²) in [6.07, 6.45) is 3.54. The summed E-state index contributed by atoms with van der Waals surface area (Å²) in [7, 11) is 0. The third-order valence-electron chi connectivity index (χ3n) is 3.25. The molecule has 0 fully saturated rings. The third-order valence-corrected chi connectivity index (χ3v) is 3.99. The van der Waals surface area contributed by atoms with Crippen LogP contribution in [0, 0.1) is 6.92 Å². The quantitative estimate of drug-likeness (QED) is 0.392. The Kier molecular flexibility index (Phi) is 4.75. The molecule has 2 aromatic heterocycles. The van der Waals surface area contributed by atoms with Gasteiger partial charge in [-0.1, -0.05) is 17.3 Å². The van der Waals surface area contributed by atoms with Crippen molar-refractivity contribution in [1.82, 2.24) is 30.7 Å². The first-order valence-corrected chi connectivity index (χ1v) is 8.30. The van der Waals surface area contributed by atoms with Crippen LogP contribution in [0.5, 0.6) is 0 Å². The zero-order valence-corrected chi connectivity index (χ0v) is 14.2. The number of nitrogens with two attached hydrogens (primary N) is 1. The molecule has 1 aromatic carbocycles. The number of aromatic nitrogens is 5. The molecule has 128 valence electrons. The number of aryl methyl sites for hydroxylation is 1. The number of amides is 1. The van der Waals surface area contributed by atoms with E-state index in [2.05, 4.69) is 35.8 Å². The lowest BCUT2D eigenvalue weighted by Gasteiger charge is -2.02. The molecule has 0 saturated heterocycles. The predicted molar refractivity (Wildman–Crippen MR) is 91.6 cm³/mol. The molecule has 0 saturated carbocycles.